The number of anilines is 1. The highest BCUT2D eigenvalue weighted by Crippen LogP contribution is 2.32. The van der Waals surface area contributed by atoms with E-state index in [9.17, 15) is 21.6 Å². The number of hydrogen-bond donors (Lipinski definition) is 0. The van der Waals surface area contributed by atoms with E-state index in [0.717, 1.165) is 0 Å². The lowest BCUT2D eigenvalue weighted by molar-refractivity contribution is -0.0558. The molecule has 1 aromatic rings. The Kier molecular flexibility index (Phi) is 4.06. The number of halogens is 3. The van der Waals surface area contributed by atoms with E-state index in [1.165, 1.54) is 35.5 Å². The summed E-state index contributed by atoms with van der Waals surface area (Å²) in [4.78, 5) is 5.24. The van der Waals surface area contributed by atoms with Crippen LogP contribution in [0.15, 0.2) is 36.7 Å². The summed E-state index contributed by atoms with van der Waals surface area (Å²) in [6.45, 7) is 1.64. The molecule has 1 aromatic heterocycles. The van der Waals surface area contributed by atoms with Crippen molar-refractivity contribution >= 4 is 22.0 Å². The predicted molar refractivity (Wildman–Crippen MR) is 70.4 cm³/mol. The number of nitrogens with zero attached hydrogens (tertiary/aromatic N) is 2. The summed E-state index contributed by atoms with van der Waals surface area (Å²) < 4.78 is 63.7. The quantitative estimate of drug-likeness (QED) is 0.633. The molecular formula is C12H11F3N2O3S. The summed E-state index contributed by atoms with van der Waals surface area (Å²) >= 11 is 0. The number of fused-ring (bicyclic) bond motifs is 1. The Morgan fingerprint density at radius 3 is 2.76 bits per heavy atom. The number of pyridine rings is 1. The van der Waals surface area contributed by atoms with Gasteiger partial charge in [-0.2, -0.15) is 21.6 Å². The lowest BCUT2D eigenvalue weighted by Gasteiger charge is -2.30. The maximum Gasteiger partial charge on any atom is 0.523 e. The molecule has 2 heterocycles. The fraction of sp³-hybridized carbons (Fsp3) is 0.250. The number of hydrogen-bond acceptors (Lipinski definition) is 5. The van der Waals surface area contributed by atoms with Crippen molar-refractivity contribution in [2.75, 3.05) is 4.90 Å². The van der Waals surface area contributed by atoms with Crippen molar-refractivity contribution in [2.45, 2.75) is 18.7 Å². The smallest absolute Gasteiger partial charge is 0.302 e. The third kappa shape index (κ3) is 3.08. The predicted octanol–water partition coefficient (Wildman–Crippen LogP) is 2.64. The Labute approximate surface area is 119 Å². The molecule has 1 atom stereocenters. The van der Waals surface area contributed by atoms with Gasteiger partial charge in [-0.15, -0.1) is 0 Å². The summed E-state index contributed by atoms with van der Waals surface area (Å²) in [5.41, 5.74) is -4.84. The van der Waals surface area contributed by atoms with Gasteiger partial charge in [-0.25, -0.2) is 9.17 Å². The van der Waals surface area contributed by atoms with Crippen LogP contribution < -0.4 is 4.90 Å². The third-order valence-electron chi connectivity index (χ3n) is 2.59. The summed E-state index contributed by atoms with van der Waals surface area (Å²) in [5.74, 6) is 0.306. The third-order valence-corrected chi connectivity index (χ3v) is 3.61. The van der Waals surface area contributed by atoms with Crippen molar-refractivity contribution in [3.8, 4) is 0 Å². The van der Waals surface area contributed by atoms with Gasteiger partial charge in [0.25, 0.3) is 0 Å². The van der Waals surface area contributed by atoms with E-state index < -0.39 is 21.9 Å². The van der Waals surface area contributed by atoms with Crippen LogP contribution in [0, 0.1) is 0 Å². The molecule has 9 heteroatoms. The van der Waals surface area contributed by atoms with Gasteiger partial charge in [0.05, 0.1) is 0 Å². The zero-order chi connectivity index (χ0) is 15.7. The SMILES string of the molecule is CC=CN1c2ncccc2C=CC1OS(=O)(=O)C(F)(F)F. The van der Waals surface area contributed by atoms with Crippen molar-refractivity contribution in [1.29, 1.82) is 0 Å². The first-order valence-corrected chi connectivity index (χ1v) is 7.21. The van der Waals surface area contributed by atoms with Gasteiger partial charge in [0, 0.05) is 18.0 Å². The molecule has 0 saturated heterocycles. The van der Waals surface area contributed by atoms with E-state index in [4.69, 9.17) is 0 Å². The maximum atomic E-state index is 12.4. The summed E-state index contributed by atoms with van der Waals surface area (Å²) in [7, 11) is -5.71. The number of rotatable bonds is 3. The van der Waals surface area contributed by atoms with Gasteiger partial charge in [0.2, 0.25) is 0 Å². The molecule has 1 unspecified atom stereocenters. The Morgan fingerprint density at radius 2 is 2.14 bits per heavy atom. The van der Waals surface area contributed by atoms with Crippen LogP contribution in [0.1, 0.15) is 12.5 Å². The van der Waals surface area contributed by atoms with Crippen molar-refractivity contribution in [3.05, 3.63) is 42.2 Å². The monoisotopic (exact) mass is 320 g/mol. The molecule has 0 fully saturated rings. The molecule has 0 saturated carbocycles. The number of allylic oxidation sites excluding steroid dienone is 1. The molecule has 114 valence electrons. The lowest BCUT2D eigenvalue weighted by atomic mass is 10.1. The summed E-state index contributed by atoms with van der Waals surface area (Å²) in [6, 6.07) is 3.36. The molecule has 0 radical (unpaired) electrons. The lowest BCUT2D eigenvalue weighted by Crippen LogP contribution is -2.39. The van der Waals surface area contributed by atoms with E-state index in [0.29, 0.717) is 11.4 Å². The average Bonchev–Trinajstić information content (AvgIpc) is 2.40. The molecule has 1 aliphatic rings. The van der Waals surface area contributed by atoms with E-state index in [2.05, 4.69) is 9.17 Å². The first kappa shape index (κ1) is 15.5. The first-order chi connectivity index (χ1) is 9.76. The van der Waals surface area contributed by atoms with Crippen molar-refractivity contribution in [1.82, 2.24) is 4.98 Å². The van der Waals surface area contributed by atoms with Gasteiger partial charge in [-0.1, -0.05) is 12.2 Å². The van der Waals surface area contributed by atoms with Crippen LogP contribution in [-0.4, -0.2) is 25.1 Å². The minimum Gasteiger partial charge on any atom is -0.302 e. The standard InChI is InChI=1S/C12H11F3N2O3S/c1-2-8-17-10(20-21(18,19)12(13,14)15)6-5-9-4-3-7-16-11(9)17/h2-8,10H,1H3. The summed E-state index contributed by atoms with van der Waals surface area (Å²) in [6.07, 6.45) is 5.60. The molecule has 0 N–H and O–H groups in total. The van der Waals surface area contributed by atoms with E-state index >= 15 is 0 Å². The normalized spacial score (nSPS) is 19.0. The zero-order valence-corrected chi connectivity index (χ0v) is 11.6. The summed E-state index contributed by atoms with van der Waals surface area (Å²) in [5, 5.41) is 0. The van der Waals surface area contributed by atoms with Crippen molar-refractivity contribution < 1.29 is 25.8 Å². The molecule has 21 heavy (non-hydrogen) atoms. The van der Waals surface area contributed by atoms with Crippen LogP contribution in [-0.2, 0) is 14.3 Å². The Hall–Kier alpha value is -1.87. The molecule has 5 nitrogen and oxygen atoms in total. The molecule has 1 aliphatic heterocycles. The zero-order valence-electron chi connectivity index (χ0n) is 10.8. The second kappa shape index (κ2) is 5.49. The Morgan fingerprint density at radius 1 is 1.43 bits per heavy atom. The average molecular weight is 320 g/mol. The van der Waals surface area contributed by atoms with Gasteiger partial charge >= 0.3 is 15.6 Å². The minimum atomic E-state index is -5.71. The van der Waals surface area contributed by atoms with E-state index in [1.807, 2.05) is 0 Å². The highest BCUT2D eigenvalue weighted by molar-refractivity contribution is 7.87. The van der Waals surface area contributed by atoms with Crippen molar-refractivity contribution in [3.63, 3.8) is 0 Å². The van der Waals surface area contributed by atoms with Crippen LogP contribution in [0.2, 0.25) is 0 Å². The van der Waals surface area contributed by atoms with Crippen LogP contribution in [0.3, 0.4) is 0 Å². The van der Waals surface area contributed by atoms with Crippen LogP contribution >= 0.6 is 0 Å². The van der Waals surface area contributed by atoms with Gasteiger partial charge in [-0.3, -0.25) is 0 Å². The van der Waals surface area contributed by atoms with E-state index in [1.54, 1.807) is 19.1 Å². The highest BCUT2D eigenvalue weighted by atomic mass is 32.2. The highest BCUT2D eigenvalue weighted by Gasteiger charge is 2.49. The molecule has 0 bridgehead atoms. The van der Waals surface area contributed by atoms with Gasteiger partial charge in [0.1, 0.15) is 5.82 Å². The topological polar surface area (TPSA) is 59.5 Å². The molecule has 0 spiro atoms. The Bertz CT molecular complexity index is 683. The van der Waals surface area contributed by atoms with Gasteiger partial charge in [0.15, 0.2) is 6.23 Å². The van der Waals surface area contributed by atoms with Crippen LogP contribution in [0.25, 0.3) is 6.08 Å². The Balaban J connectivity index is 2.38. The van der Waals surface area contributed by atoms with Crippen LogP contribution in [0.5, 0.6) is 0 Å². The van der Waals surface area contributed by atoms with E-state index in [-0.39, 0.29) is 0 Å². The molecule has 2 rings (SSSR count). The number of aromatic nitrogens is 1. The first-order valence-electron chi connectivity index (χ1n) is 5.80. The molecular weight excluding hydrogens is 309 g/mol. The molecule has 0 aromatic carbocycles. The van der Waals surface area contributed by atoms with Gasteiger partial charge in [-0.05, 0) is 25.1 Å². The largest absolute Gasteiger partial charge is 0.523 e. The number of alkyl halides is 3. The van der Waals surface area contributed by atoms with Crippen LogP contribution in [0.4, 0.5) is 19.0 Å². The van der Waals surface area contributed by atoms with Crippen molar-refractivity contribution in [2.24, 2.45) is 0 Å². The molecule has 0 amide bonds. The second-order valence-electron chi connectivity index (χ2n) is 4.05. The minimum absolute atomic E-state index is 0.306. The van der Waals surface area contributed by atoms with Gasteiger partial charge < -0.3 is 4.90 Å². The fourth-order valence-corrected chi connectivity index (χ4v) is 2.26. The fourth-order valence-electron chi connectivity index (χ4n) is 1.73. The maximum absolute atomic E-state index is 12.4. The molecule has 0 aliphatic carbocycles. The second-order valence-corrected chi connectivity index (χ2v) is 5.62.